The van der Waals surface area contributed by atoms with Gasteiger partial charge in [0.05, 0.1) is 0 Å². The van der Waals surface area contributed by atoms with Crippen molar-refractivity contribution in [2.45, 2.75) is 76.8 Å². The Bertz CT molecular complexity index is 259. The van der Waals surface area contributed by atoms with Gasteiger partial charge in [-0.3, -0.25) is 9.80 Å². The maximum Gasteiger partial charge on any atom is 0.0224 e. The van der Waals surface area contributed by atoms with Crippen molar-refractivity contribution in [1.82, 2.24) is 9.80 Å². The lowest BCUT2D eigenvalue weighted by atomic mass is 10.1. The molecule has 0 radical (unpaired) electrons. The molecule has 2 fully saturated rings. The normalized spacial score (nSPS) is 27.9. The minimum atomic E-state index is 0.781. The second kappa shape index (κ2) is 9.42. The maximum absolute atomic E-state index is 3.50. The third-order valence-corrected chi connectivity index (χ3v) is 5.71. The molecule has 2 aliphatic heterocycles. The van der Waals surface area contributed by atoms with Gasteiger partial charge in [-0.25, -0.2) is 0 Å². The lowest BCUT2D eigenvalue weighted by Gasteiger charge is -2.42. The molecule has 2 atom stereocenters. The molecule has 0 aromatic carbocycles. The van der Waals surface area contributed by atoms with Crippen molar-refractivity contribution in [3.05, 3.63) is 0 Å². The number of alkyl halides is 1. The number of hydrogen-bond donors (Lipinski definition) is 0. The van der Waals surface area contributed by atoms with Crippen molar-refractivity contribution in [3.8, 4) is 0 Å². The Morgan fingerprint density at radius 2 is 1.65 bits per heavy atom. The first kappa shape index (κ1) is 16.8. The summed E-state index contributed by atoms with van der Waals surface area (Å²) in [6.07, 6.45) is 12.8. The van der Waals surface area contributed by atoms with E-state index in [-0.39, 0.29) is 0 Å². The minimum absolute atomic E-state index is 0.781. The van der Waals surface area contributed by atoms with Gasteiger partial charge in [0.15, 0.2) is 0 Å². The van der Waals surface area contributed by atoms with E-state index in [0.29, 0.717) is 0 Å². The number of halogens is 1. The van der Waals surface area contributed by atoms with Gasteiger partial charge in [-0.1, -0.05) is 48.0 Å². The van der Waals surface area contributed by atoms with E-state index in [9.17, 15) is 0 Å². The zero-order chi connectivity index (χ0) is 14.2. The molecular formula is C17H33BrN2. The third kappa shape index (κ3) is 5.31. The van der Waals surface area contributed by atoms with Crippen LogP contribution in [-0.4, -0.2) is 53.4 Å². The molecule has 2 rings (SSSR count). The first-order valence-corrected chi connectivity index (χ1v) is 9.97. The summed E-state index contributed by atoms with van der Waals surface area (Å²) in [4.78, 5) is 5.49. The Morgan fingerprint density at radius 3 is 2.40 bits per heavy atom. The molecule has 2 unspecified atom stereocenters. The van der Waals surface area contributed by atoms with Crippen LogP contribution in [0.25, 0.3) is 0 Å². The second-order valence-corrected chi connectivity index (χ2v) is 7.59. The lowest BCUT2D eigenvalue weighted by Crippen LogP contribution is -2.54. The average Bonchev–Trinajstić information content (AvgIpc) is 2.88. The molecule has 3 heteroatoms. The number of fused-ring (bicyclic) bond motifs is 1. The van der Waals surface area contributed by atoms with E-state index < -0.39 is 0 Å². The highest BCUT2D eigenvalue weighted by Crippen LogP contribution is 2.24. The summed E-state index contributed by atoms with van der Waals surface area (Å²) in [5, 5.41) is 1.18. The number of nitrogens with zero attached hydrogens (tertiary/aromatic N) is 2. The lowest BCUT2D eigenvalue weighted by molar-refractivity contribution is 0.0583. The molecule has 0 spiro atoms. The summed E-state index contributed by atoms with van der Waals surface area (Å²) in [6.45, 7) is 7.78. The summed E-state index contributed by atoms with van der Waals surface area (Å²) in [7, 11) is 0. The minimum Gasteiger partial charge on any atom is -0.298 e. The van der Waals surface area contributed by atoms with E-state index in [1.165, 1.54) is 89.3 Å². The van der Waals surface area contributed by atoms with Crippen LogP contribution in [0.2, 0.25) is 0 Å². The van der Waals surface area contributed by atoms with Crippen molar-refractivity contribution in [2.75, 3.05) is 31.5 Å². The highest BCUT2D eigenvalue weighted by atomic mass is 79.9. The fourth-order valence-corrected chi connectivity index (χ4v) is 4.25. The largest absolute Gasteiger partial charge is 0.298 e. The van der Waals surface area contributed by atoms with Crippen molar-refractivity contribution >= 4 is 15.9 Å². The smallest absolute Gasteiger partial charge is 0.0224 e. The zero-order valence-electron chi connectivity index (χ0n) is 13.3. The van der Waals surface area contributed by atoms with Crippen molar-refractivity contribution < 1.29 is 0 Å². The first-order valence-electron chi connectivity index (χ1n) is 8.85. The maximum atomic E-state index is 3.50. The Hall–Kier alpha value is 0.400. The van der Waals surface area contributed by atoms with E-state index in [4.69, 9.17) is 0 Å². The summed E-state index contributed by atoms with van der Waals surface area (Å²) >= 11 is 3.50. The van der Waals surface area contributed by atoms with E-state index in [1.54, 1.807) is 0 Å². The second-order valence-electron chi connectivity index (χ2n) is 6.80. The van der Waals surface area contributed by atoms with Crippen molar-refractivity contribution in [1.29, 1.82) is 0 Å². The van der Waals surface area contributed by atoms with Gasteiger partial charge in [0, 0.05) is 30.5 Å². The molecule has 20 heavy (non-hydrogen) atoms. The van der Waals surface area contributed by atoms with Crippen LogP contribution < -0.4 is 0 Å². The van der Waals surface area contributed by atoms with Gasteiger partial charge < -0.3 is 0 Å². The third-order valence-electron chi connectivity index (χ3n) is 5.15. The molecule has 0 bridgehead atoms. The molecule has 2 aliphatic rings. The predicted molar refractivity (Wildman–Crippen MR) is 91.7 cm³/mol. The highest BCUT2D eigenvalue weighted by Gasteiger charge is 2.33. The number of hydrogen-bond acceptors (Lipinski definition) is 2. The monoisotopic (exact) mass is 344 g/mol. The molecule has 0 saturated carbocycles. The molecule has 0 aliphatic carbocycles. The fourth-order valence-electron chi connectivity index (χ4n) is 3.85. The summed E-state index contributed by atoms with van der Waals surface area (Å²) < 4.78 is 0. The van der Waals surface area contributed by atoms with Crippen LogP contribution >= 0.6 is 15.9 Å². The topological polar surface area (TPSA) is 6.48 Å². The molecule has 0 N–H and O–H groups in total. The standard InChI is InChI=1S/C17H33BrN2/c1-16-14-20-13-9-10-17(20)15-19(16)12-8-6-4-2-3-5-7-11-18/h16-17H,2-15H2,1H3. The van der Waals surface area contributed by atoms with E-state index in [1.807, 2.05) is 0 Å². The van der Waals surface area contributed by atoms with E-state index >= 15 is 0 Å². The van der Waals surface area contributed by atoms with Crippen LogP contribution in [0.15, 0.2) is 0 Å². The van der Waals surface area contributed by atoms with Crippen LogP contribution in [0, 0.1) is 0 Å². The van der Waals surface area contributed by atoms with Gasteiger partial charge in [-0.2, -0.15) is 0 Å². The molecule has 0 aromatic rings. The van der Waals surface area contributed by atoms with Gasteiger partial charge >= 0.3 is 0 Å². The van der Waals surface area contributed by atoms with E-state index in [0.717, 1.165) is 12.1 Å². The fraction of sp³-hybridized carbons (Fsp3) is 1.00. The molecule has 0 aromatic heterocycles. The van der Waals surface area contributed by atoms with Crippen LogP contribution in [0.3, 0.4) is 0 Å². The Kier molecular flexibility index (Phi) is 7.90. The summed E-state index contributed by atoms with van der Waals surface area (Å²) in [5.74, 6) is 0. The highest BCUT2D eigenvalue weighted by molar-refractivity contribution is 9.09. The van der Waals surface area contributed by atoms with Crippen molar-refractivity contribution in [2.24, 2.45) is 0 Å². The molecular weight excluding hydrogens is 312 g/mol. The van der Waals surface area contributed by atoms with Crippen LogP contribution in [-0.2, 0) is 0 Å². The Balaban J connectivity index is 1.51. The van der Waals surface area contributed by atoms with Crippen molar-refractivity contribution in [3.63, 3.8) is 0 Å². The van der Waals surface area contributed by atoms with Crippen LogP contribution in [0.1, 0.15) is 64.7 Å². The van der Waals surface area contributed by atoms with Gasteiger partial charge in [0.25, 0.3) is 0 Å². The van der Waals surface area contributed by atoms with Gasteiger partial charge in [-0.05, 0) is 45.7 Å². The molecule has 2 saturated heterocycles. The van der Waals surface area contributed by atoms with Gasteiger partial charge in [-0.15, -0.1) is 0 Å². The zero-order valence-corrected chi connectivity index (χ0v) is 14.9. The summed E-state index contributed by atoms with van der Waals surface area (Å²) in [6, 6.07) is 1.67. The van der Waals surface area contributed by atoms with Crippen LogP contribution in [0.4, 0.5) is 0 Å². The SMILES string of the molecule is CC1CN2CCCC2CN1CCCCCCCCCBr. The Labute approximate surface area is 134 Å². The van der Waals surface area contributed by atoms with Gasteiger partial charge in [0.2, 0.25) is 0 Å². The molecule has 118 valence electrons. The average molecular weight is 345 g/mol. The van der Waals surface area contributed by atoms with Gasteiger partial charge in [0.1, 0.15) is 0 Å². The molecule has 2 heterocycles. The number of rotatable bonds is 9. The number of unbranched alkanes of at least 4 members (excludes halogenated alkanes) is 6. The number of piperazine rings is 1. The first-order chi connectivity index (χ1) is 9.81. The molecule has 0 amide bonds. The predicted octanol–water partition coefficient (Wildman–Crippen LogP) is 4.28. The Morgan fingerprint density at radius 1 is 0.950 bits per heavy atom. The van der Waals surface area contributed by atoms with E-state index in [2.05, 4.69) is 32.7 Å². The summed E-state index contributed by atoms with van der Waals surface area (Å²) in [5.41, 5.74) is 0. The molecule has 2 nitrogen and oxygen atoms in total. The quantitative estimate of drug-likeness (QED) is 0.455. The van der Waals surface area contributed by atoms with Crippen LogP contribution in [0.5, 0.6) is 0 Å².